The first kappa shape index (κ1) is 19.2. The largest absolute Gasteiger partial charge is 0.480 e. The lowest BCUT2D eigenvalue weighted by molar-refractivity contribution is -0.140. The first-order valence-corrected chi connectivity index (χ1v) is 5.90. The molecular weight excluding hydrogens is 238 g/mol. The van der Waals surface area contributed by atoms with Gasteiger partial charge in [-0.1, -0.05) is 20.3 Å². The lowest BCUT2D eigenvalue weighted by Gasteiger charge is -2.07. The Morgan fingerprint density at radius 3 is 1.78 bits per heavy atom. The molecule has 7 nitrogen and oxygen atoms in total. The molecule has 18 heavy (non-hydrogen) atoms. The van der Waals surface area contributed by atoms with Crippen molar-refractivity contribution < 1.29 is 19.8 Å². The second-order valence-electron chi connectivity index (χ2n) is 4.34. The minimum Gasteiger partial charge on any atom is -0.480 e. The normalized spacial score (nSPS) is 13.4. The van der Waals surface area contributed by atoms with Crippen LogP contribution in [0.3, 0.4) is 0 Å². The Labute approximate surface area is 107 Å². The first-order chi connectivity index (χ1) is 8.23. The molecule has 0 spiro atoms. The van der Waals surface area contributed by atoms with Gasteiger partial charge >= 0.3 is 11.9 Å². The average Bonchev–Trinajstić information content (AvgIpc) is 2.28. The van der Waals surface area contributed by atoms with Crippen LogP contribution < -0.4 is 17.2 Å². The van der Waals surface area contributed by atoms with Gasteiger partial charge in [-0.15, -0.1) is 0 Å². The molecule has 0 heterocycles. The van der Waals surface area contributed by atoms with E-state index >= 15 is 0 Å². The van der Waals surface area contributed by atoms with E-state index < -0.39 is 24.0 Å². The van der Waals surface area contributed by atoms with Gasteiger partial charge in [0.25, 0.3) is 0 Å². The van der Waals surface area contributed by atoms with Crippen LogP contribution in [0.25, 0.3) is 0 Å². The van der Waals surface area contributed by atoms with E-state index in [1.165, 1.54) is 0 Å². The van der Waals surface area contributed by atoms with Crippen molar-refractivity contribution in [3.05, 3.63) is 0 Å². The molecule has 0 aromatic carbocycles. The fraction of sp³-hybridized carbons (Fsp3) is 0.818. The smallest absolute Gasteiger partial charge is 0.320 e. The van der Waals surface area contributed by atoms with Gasteiger partial charge in [0.1, 0.15) is 12.1 Å². The summed E-state index contributed by atoms with van der Waals surface area (Å²) in [6.45, 7) is 4.16. The van der Waals surface area contributed by atoms with Crippen LogP contribution in [-0.4, -0.2) is 40.8 Å². The molecule has 108 valence electrons. The monoisotopic (exact) mass is 263 g/mol. The summed E-state index contributed by atoms with van der Waals surface area (Å²) >= 11 is 0. The maximum atomic E-state index is 10.1. The molecule has 7 heteroatoms. The topological polar surface area (TPSA) is 153 Å². The van der Waals surface area contributed by atoms with Crippen LogP contribution in [0, 0.1) is 5.92 Å². The Kier molecular flexibility index (Phi) is 11.7. The number of unbranched alkanes of at least 4 members (excludes halogenated alkanes) is 1. The van der Waals surface area contributed by atoms with E-state index in [9.17, 15) is 9.59 Å². The van der Waals surface area contributed by atoms with Crippen molar-refractivity contribution >= 4 is 11.9 Å². The summed E-state index contributed by atoms with van der Waals surface area (Å²) in [5.41, 5.74) is 15.6. The summed E-state index contributed by atoms with van der Waals surface area (Å²) in [6, 6.07) is -1.43. The van der Waals surface area contributed by atoms with Crippen LogP contribution in [0.5, 0.6) is 0 Å². The molecule has 2 atom stereocenters. The van der Waals surface area contributed by atoms with Crippen LogP contribution in [0.15, 0.2) is 0 Å². The Morgan fingerprint density at radius 2 is 1.56 bits per heavy atom. The van der Waals surface area contributed by atoms with Crippen molar-refractivity contribution in [2.24, 2.45) is 23.1 Å². The maximum absolute atomic E-state index is 10.1. The van der Waals surface area contributed by atoms with Crippen LogP contribution >= 0.6 is 0 Å². The third-order valence-electron chi connectivity index (χ3n) is 2.29. The summed E-state index contributed by atoms with van der Waals surface area (Å²) in [4.78, 5) is 20.2. The molecular formula is C11H25N3O4. The molecule has 0 fully saturated rings. The number of carboxylic acid groups (broad SMARTS) is 2. The molecule has 0 aromatic rings. The van der Waals surface area contributed by atoms with Crippen molar-refractivity contribution in [1.82, 2.24) is 0 Å². The molecule has 0 saturated heterocycles. The van der Waals surface area contributed by atoms with Crippen LogP contribution in [0.2, 0.25) is 0 Å². The number of rotatable bonds is 7. The Balaban J connectivity index is 0. The molecule has 0 unspecified atom stereocenters. The summed E-state index contributed by atoms with van der Waals surface area (Å²) in [6.07, 6.45) is 2.16. The lowest BCUT2D eigenvalue weighted by Crippen LogP contribution is -2.34. The van der Waals surface area contributed by atoms with Gasteiger partial charge in [0.15, 0.2) is 0 Å². The molecule has 0 aliphatic carbocycles. The highest BCUT2D eigenvalue weighted by Crippen LogP contribution is 1.97. The molecule has 0 aliphatic heterocycles. The molecule has 0 bridgehead atoms. The predicted octanol–water partition coefficient (Wildman–Crippen LogP) is -0.418. The average molecular weight is 263 g/mol. The van der Waals surface area contributed by atoms with Crippen LogP contribution in [0.4, 0.5) is 0 Å². The Morgan fingerprint density at radius 1 is 1.06 bits per heavy atom. The summed E-state index contributed by atoms with van der Waals surface area (Å²) < 4.78 is 0. The number of nitrogens with two attached hydrogens (primary N) is 3. The van der Waals surface area contributed by atoms with Gasteiger partial charge in [-0.3, -0.25) is 9.59 Å². The number of carbonyl (C=O) groups is 2. The Hall–Kier alpha value is -1.18. The van der Waals surface area contributed by atoms with Crippen molar-refractivity contribution in [3.63, 3.8) is 0 Å². The summed E-state index contributed by atoms with van der Waals surface area (Å²) in [7, 11) is 0. The lowest BCUT2D eigenvalue weighted by atomic mass is 10.1. The molecule has 0 aromatic heterocycles. The maximum Gasteiger partial charge on any atom is 0.320 e. The second kappa shape index (κ2) is 10.9. The van der Waals surface area contributed by atoms with E-state index in [1.54, 1.807) is 13.8 Å². The van der Waals surface area contributed by atoms with Crippen LogP contribution in [-0.2, 0) is 9.59 Å². The van der Waals surface area contributed by atoms with Gasteiger partial charge in [-0.05, 0) is 25.3 Å². The van der Waals surface area contributed by atoms with E-state index in [0.717, 1.165) is 12.8 Å². The molecule has 8 N–H and O–H groups in total. The van der Waals surface area contributed by atoms with E-state index in [1.807, 2.05) is 0 Å². The minimum absolute atomic E-state index is 0.0208. The fourth-order valence-corrected chi connectivity index (χ4v) is 0.917. The number of carboxylic acids is 2. The molecule has 0 amide bonds. The minimum atomic E-state index is -0.933. The SMILES string of the molecule is CC(C)[C@@H](N)C(=O)O.NCCCC[C@H](N)C(=O)O. The first-order valence-electron chi connectivity index (χ1n) is 5.90. The van der Waals surface area contributed by atoms with E-state index in [-0.39, 0.29) is 5.92 Å². The predicted molar refractivity (Wildman–Crippen MR) is 69.0 cm³/mol. The van der Waals surface area contributed by atoms with Gasteiger partial charge in [-0.25, -0.2) is 0 Å². The third-order valence-corrected chi connectivity index (χ3v) is 2.29. The van der Waals surface area contributed by atoms with Crippen molar-refractivity contribution in [3.8, 4) is 0 Å². The molecule has 0 rings (SSSR count). The highest BCUT2D eigenvalue weighted by molar-refractivity contribution is 5.73. The fourth-order valence-electron chi connectivity index (χ4n) is 0.917. The Bertz CT molecular complexity index is 246. The van der Waals surface area contributed by atoms with E-state index in [2.05, 4.69) is 0 Å². The van der Waals surface area contributed by atoms with Crippen molar-refractivity contribution in [2.75, 3.05) is 6.54 Å². The molecule has 0 saturated carbocycles. The van der Waals surface area contributed by atoms with E-state index in [4.69, 9.17) is 27.4 Å². The standard InChI is InChI=1S/C6H14N2O2.C5H11NO2/c7-4-2-1-3-5(8)6(9)10;1-3(2)4(6)5(7)8/h5H,1-4,7-8H2,(H,9,10);3-4H,6H2,1-2H3,(H,7,8)/t5-;4-/m01/s1. The highest BCUT2D eigenvalue weighted by Gasteiger charge is 2.14. The zero-order chi connectivity index (χ0) is 14.7. The van der Waals surface area contributed by atoms with Crippen LogP contribution in [0.1, 0.15) is 33.1 Å². The molecule has 0 aliphatic rings. The zero-order valence-electron chi connectivity index (χ0n) is 11.0. The van der Waals surface area contributed by atoms with Gasteiger partial charge in [0, 0.05) is 0 Å². The molecule has 0 radical (unpaired) electrons. The summed E-state index contributed by atoms with van der Waals surface area (Å²) in [5.74, 6) is -1.84. The van der Waals surface area contributed by atoms with E-state index in [0.29, 0.717) is 13.0 Å². The second-order valence-corrected chi connectivity index (χ2v) is 4.34. The van der Waals surface area contributed by atoms with Gasteiger partial charge < -0.3 is 27.4 Å². The third kappa shape index (κ3) is 11.3. The summed E-state index contributed by atoms with van der Waals surface area (Å²) in [5, 5.41) is 16.6. The van der Waals surface area contributed by atoms with Crippen molar-refractivity contribution in [2.45, 2.75) is 45.2 Å². The van der Waals surface area contributed by atoms with Gasteiger partial charge in [0.2, 0.25) is 0 Å². The van der Waals surface area contributed by atoms with Gasteiger partial charge in [0.05, 0.1) is 0 Å². The number of aliphatic carboxylic acids is 2. The highest BCUT2D eigenvalue weighted by atomic mass is 16.4. The zero-order valence-corrected chi connectivity index (χ0v) is 11.0. The van der Waals surface area contributed by atoms with Crippen molar-refractivity contribution in [1.29, 1.82) is 0 Å². The quantitative estimate of drug-likeness (QED) is 0.391. The number of hydrogen-bond donors (Lipinski definition) is 5. The number of hydrogen-bond acceptors (Lipinski definition) is 5. The van der Waals surface area contributed by atoms with Gasteiger partial charge in [-0.2, -0.15) is 0 Å².